The summed E-state index contributed by atoms with van der Waals surface area (Å²) in [6, 6.07) is 0. The third-order valence-corrected chi connectivity index (χ3v) is 4.33. The van der Waals surface area contributed by atoms with Crippen LogP contribution in [0.1, 0.15) is 23.4 Å². The molecule has 3 rings (SSSR count). The van der Waals surface area contributed by atoms with Crippen LogP contribution in [-0.2, 0) is 26.5 Å². The smallest absolute Gasteiger partial charge is 0.174 e. The van der Waals surface area contributed by atoms with Gasteiger partial charge in [-0.3, -0.25) is 0 Å². The van der Waals surface area contributed by atoms with Gasteiger partial charge in [0, 0.05) is 18.3 Å². The third-order valence-electron chi connectivity index (χ3n) is 3.23. The lowest BCUT2D eigenvalue weighted by molar-refractivity contribution is 0.271. The molecule has 0 radical (unpaired) electrons. The molecule has 2 aromatic heterocycles. The van der Waals surface area contributed by atoms with Crippen LogP contribution in [0, 0.1) is 0 Å². The quantitative estimate of drug-likeness (QED) is 0.846. The van der Waals surface area contributed by atoms with E-state index in [1.54, 1.807) is 24.3 Å². The molecule has 0 amide bonds. The first-order valence-electron chi connectivity index (χ1n) is 5.91. The van der Waals surface area contributed by atoms with Crippen molar-refractivity contribution >= 4 is 11.8 Å². The van der Waals surface area contributed by atoms with Gasteiger partial charge in [-0.1, -0.05) is 0 Å². The van der Waals surface area contributed by atoms with Gasteiger partial charge >= 0.3 is 0 Å². The Morgan fingerprint density at radius 1 is 1.33 bits per heavy atom. The number of aliphatic hydroxyl groups excluding tert-OH is 1. The lowest BCUT2D eigenvalue weighted by Crippen LogP contribution is -1.99. The minimum absolute atomic E-state index is 0.00589. The largest absolute Gasteiger partial charge is 0.390 e. The molecule has 0 fully saturated rings. The molecule has 18 heavy (non-hydrogen) atoms. The van der Waals surface area contributed by atoms with Gasteiger partial charge < -0.3 is 9.67 Å². The predicted molar refractivity (Wildman–Crippen MR) is 67.3 cm³/mol. The Kier molecular flexibility index (Phi) is 3.05. The standard InChI is InChI=1S/C12H14N4OS/c1-16-8(6-17)5-13-12(16)18-11-9-3-2-4-10(9)14-7-15-11/h5,7,17H,2-4,6H2,1H3. The maximum absolute atomic E-state index is 9.16. The minimum Gasteiger partial charge on any atom is -0.390 e. The molecular formula is C12H14N4OS. The molecule has 2 aromatic rings. The molecule has 0 saturated heterocycles. The van der Waals surface area contributed by atoms with Crippen LogP contribution in [0.3, 0.4) is 0 Å². The van der Waals surface area contributed by atoms with Gasteiger partial charge in [0.15, 0.2) is 5.16 Å². The van der Waals surface area contributed by atoms with Gasteiger partial charge in [0.1, 0.15) is 11.4 Å². The zero-order valence-corrected chi connectivity index (χ0v) is 10.9. The molecule has 0 unspecified atom stereocenters. The average molecular weight is 262 g/mol. The lowest BCUT2D eigenvalue weighted by atomic mass is 10.3. The molecule has 0 bridgehead atoms. The first-order chi connectivity index (χ1) is 8.79. The van der Waals surface area contributed by atoms with Crippen LogP contribution in [0.15, 0.2) is 22.7 Å². The molecule has 6 heteroatoms. The Morgan fingerprint density at radius 3 is 3.00 bits per heavy atom. The highest BCUT2D eigenvalue weighted by atomic mass is 32.2. The summed E-state index contributed by atoms with van der Waals surface area (Å²) in [6.07, 6.45) is 6.58. The summed E-state index contributed by atoms with van der Waals surface area (Å²) in [4.78, 5) is 13.0. The summed E-state index contributed by atoms with van der Waals surface area (Å²) in [6.45, 7) is 0.00589. The van der Waals surface area contributed by atoms with Gasteiger partial charge in [-0.05, 0) is 31.0 Å². The second-order valence-electron chi connectivity index (χ2n) is 4.31. The van der Waals surface area contributed by atoms with Crippen molar-refractivity contribution in [2.45, 2.75) is 36.1 Å². The molecule has 0 spiro atoms. The van der Waals surface area contributed by atoms with E-state index in [2.05, 4.69) is 15.0 Å². The summed E-state index contributed by atoms with van der Waals surface area (Å²) < 4.78 is 1.90. The number of rotatable bonds is 3. The highest BCUT2D eigenvalue weighted by molar-refractivity contribution is 7.99. The summed E-state index contributed by atoms with van der Waals surface area (Å²) in [5.41, 5.74) is 3.24. The van der Waals surface area contributed by atoms with Crippen molar-refractivity contribution in [2.75, 3.05) is 0 Å². The number of aromatic nitrogens is 4. The van der Waals surface area contributed by atoms with Crippen LogP contribution in [0.2, 0.25) is 0 Å². The van der Waals surface area contributed by atoms with E-state index in [-0.39, 0.29) is 6.61 Å². The third kappa shape index (κ3) is 1.91. The zero-order valence-electron chi connectivity index (χ0n) is 10.1. The van der Waals surface area contributed by atoms with E-state index >= 15 is 0 Å². The van der Waals surface area contributed by atoms with Gasteiger partial charge in [-0.25, -0.2) is 15.0 Å². The van der Waals surface area contributed by atoms with Crippen LogP contribution in [0.5, 0.6) is 0 Å². The molecule has 2 heterocycles. The Hall–Kier alpha value is -1.40. The molecule has 0 aromatic carbocycles. The second-order valence-corrected chi connectivity index (χ2v) is 5.26. The summed E-state index contributed by atoms with van der Waals surface area (Å²) in [5, 5.41) is 11.0. The van der Waals surface area contributed by atoms with E-state index in [1.807, 2.05) is 11.6 Å². The van der Waals surface area contributed by atoms with E-state index < -0.39 is 0 Å². The van der Waals surface area contributed by atoms with E-state index in [0.717, 1.165) is 35.1 Å². The first-order valence-corrected chi connectivity index (χ1v) is 6.73. The fraction of sp³-hybridized carbons (Fsp3) is 0.417. The maximum atomic E-state index is 9.16. The van der Waals surface area contributed by atoms with Crippen LogP contribution < -0.4 is 0 Å². The van der Waals surface area contributed by atoms with Crippen molar-refractivity contribution < 1.29 is 5.11 Å². The van der Waals surface area contributed by atoms with Crippen molar-refractivity contribution in [3.8, 4) is 0 Å². The summed E-state index contributed by atoms with van der Waals surface area (Å²) >= 11 is 1.55. The Labute approximate surface area is 109 Å². The number of nitrogens with zero attached hydrogens (tertiary/aromatic N) is 4. The number of hydrogen-bond donors (Lipinski definition) is 1. The van der Waals surface area contributed by atoms with E-state index in [4.69, 9.17) is 5.11 Å². The second kappa shape index (κ2) is 4.70. The average Bonchev–Trinajstić information content (AvgIpc) is 2.98. The van der Waals surface area contributed by atoms with Crippen molar-refractivity contribution in [3.05, 3.63) is 29.5 Å². The molecule has 0 atom stereocenters. The molecule has 1 N–H and O–H groups in total. The lowest BCUT2D eigenvalue weighted by Gasteiger charge is -2.06. The van der Waals surface area contributed by atoms with Crippen LogP contribution in [0.25, 0.3) is 0 Å². The minimum atomic E-state index is 0.00589. The van der Waals surface area contributed by atoms with Gasteiger partial charge in [0.2, 0.25) is 0 Å². The van der Waals surface area contributed by atoms with Gasteiger partial charge in [0.05, 0.1) is 18.5 Å². The first kappa shape index (κ1) is 11.7. The molecular weight excluding hydrogens is 248 g/mol. The van der Waals surface area contributed by atoms with Crippen LogP contribution >= 0.6 is 11.8 Å². The summed E-state index contributed by atoms with van der Waals surface area (Å²) in [5.74, 6) is 0. The Balaban J connectivity index is 1.93. The molecule has 0 saturated carbocycles. The number of imidazole rings is 1. The fourth-order valence-electron chi connectivity index (χ4n) is 2.17. The Morgan fingerprint density at radius 2 is 2.22 bits per heavy atom. The van der Waals surface area contributed by atoms with E-state index in [0.29, 0.717) is 0 Å². The highest BCUT2D eigenvalue weighted by Gasteiger charge is 2.19. The number of aryl methyl sites for hydroxylation is 1. The normalized spacial score (nSPS) is 13.9. The predicted octanol–water partition coefficient (Wildman–Crippen LogP) is 1.34. The van der Waals surface area contributed by atoms with Crippen molar-refractivity contribution in [2.24, 2.45) is 7.05 Å². The zero-order chi connectivity index (χ0) is 12.5. The van der Waals surface area contributed by atoms with E-state index in [1.165, 1.54) is 11.3 Å². The fourth-order valence-corrected chi connectivity index (χ4v) is 3.15. The molecule has 1 aliphatic rings. The molecule has 1 aliphatic carbocycles. The number of hydrogen-bond acceptors (Lipinski definition) is 5. The van der Waals surface area contributed by atoms with Crippen molar-refractivity contribution in [1.29, 1.82) is 0 Å². The van der Waals surface area contributed by atoms with Crippen molar-refractivity contribution in [1.82, 2.24) is 19.5 Å². The van der Waals surface area contributed by atoms with Crippen molar-refractivity contribution in [3.63, 3.8) is 0 Å². The SMILES string of the molecule is Cn1c(CO)cnc1Sc1ncnc2c1CCC2. The molecule has 5 nitrogen and oxygen atoms in total. The number of fused-ring (bicyclic) bond motifs is 1. The van der Waals surface area contributed by atoms with Gasteiger partial charge in [-0.15, -0.1) is 0 Å². The molecule has 0 aliphatic heterocycles. The molecule has 94 valence electrons. The Bertz CT molecular complexity index is 581. The maximum Gasteiger partial charge on any atom is 0.174 e. The monoisotopic (exact) mass is 262 g/mol. The number of aliphatic hydroxyl groups is 1. The van der Waals surface area contributed by atoms with E-state index in [9.17, 15) is 0 Å². The summed E-state index contributed by atoms with van der Waals surface area (Å²) in [7, 11) is 1.91. The van der Waals surface area contributed by atoms with Gasteiger partial charge in [0.25, 0.3) is 0 Å². The van der Waals surface area contributed by atoms with Crippen LogP contribution in [-0.4, -0.2) is 24.6 Å². The topological polar surface area (TPSA) is 63.8 Å². The van der Waals surface area contributed by atoms with Gasteiger partial charge in [-0.2, -0.15) is 0 Å². The van der Waals surface area contributed by atoms with Crippen LogP contribution in [0.4, 0.5) is 0 Å². The highest BCUT2D eigenvalue weighted by Crippen LogP contribution is 2.32.